The van der Waals surface area contributed by atoms with Crippen LogP contribution in [0.15, 0.2) is 30.5 Å². The van der Waals surface area contributed by atoms with Gasteiger partial charge in [0, 0.05) is 37.3 Å². The maximum Gasteiger partial charge on any atom is 0.257 e. The molecule has 114 valence electrons. The van der Waals surface area contributed by atoms with Crippen LogP contribution >= 0.6 is 0 Å². The smallest absolute Gasteiger partial charge is 0.257 e. The first-order valence-corrected chi connectivity index (χ1v) is 7.86. The lowest BCUT2D eigenvalue weighted by Crippen LogP contribution is -2.39. The number of amides is 1. The number of aromatic nitrogens is 2. The fourth-order valence-electron chi connectivity index (χ4n) is 3.46. The molecule has 0 radical (unpaired) electrons. The lowest BCUT2D eigenvalue weighted by Gasteiger charge is -2.32. The fraction of sp³-hybridized carbons (Fsp3) is 0.412. The second-order valence-electron chi connectivity index (χ2n) is 5.99. The minimum atomic E-state index is 0.0861. The summed E-state index contributed by atoms with van der Waals surface area (Å²) >= 11 is 0. The molecule has 2 aromatic rings. The van der Waals surface area contributed by atoms with E-state index in [1.54, 1.807) is 6.20 Å². The second kappa shape index (κ2) is 5.48. The van der Waals surface area contributed by atoms with Crippen LogP contribution in [-0.4, -0.2) is 40.7 Å². The van der Waals surface area contributed by atoms with Crippen molar-refractivity contribution in [1.82, 2.24) is 15.1 Å². The molecular formula is C17H19N3O2. The third-order valence-electron chi connectivity index (χ3n) is 4.62. The third-order valence-corrected chi connectivity index (χ3v) is 4.62. The van der Waals surface area contributed by atoms with Crippen LogP contribution in [0.5, 0.6) is 5.75 Å². The van der Waals surface area contributed by atoms with Crippen molar-refractivity contribution in [2.75, 3.05) is 19.7 Å². The van der Waals surface area contributed by atoms with Crippen LogP contribution in [0.2, 0.25) is 0 Å². The summed E-state index contributed by atoms with van der Waals surface area (Å²) < 4.78 is 5.68. The van der Waals surface area contributed by atoms with E-state index in [-0.39, 0.29) is 5.91 Å². The summed E-state index contributed by atoms with van der Waals surface area (Å²) in [6.07, 6.45) is 4.78. The topological polar surface area (TPSA) is 58.2 Å². The average Bonchev–Trinajstić information content (AvgIpc) is 3.25. The number of hydrogen-bond acceptors (Lipinski definition) is 3. The van der Waals surface area contributed by atoms with E-state index in [9.17, 15) is 4.79 Å². The van der Waals surface area contributed by atoms with E-state index in [4.69, 9.17) is 4.74 Å². The quantitative estimate of drug-likeness (QED) is 0.926. The van der Waals surface area contributed by atoms with E-state index < -0.39 is 0 Å². The molecule has 1 fully saturated rings. The molecule has 0 saturated carbocycles. The summed E-state index contributed by atoms with van der Waals surface area (Å²) in [4.78, 5) is 14.8. The van der Waals surface area contributed by atoms with Gasteiger partial charge in [-0.25, -0.2) is 0 Å². The van der Waals surface area contributed by atoms with E-state index in [2.05, 4.69) is 10.2 Å². The summed E-state index contributed by atoms with van der Waals surface area (Å²) in [6, 6.07) is 7.88. The Kier molecular flexibility index (Phi) is 3.33. The van der Waals surface area contributed by atoms with Gasteiger partial charge in [0.15, 0.2) is 0 Å². The van der Waals surface area contributed by atoms with Gasteiger partial charge in [-0.3, -0.25) is 9.89 Å². The van der Waals surface area contributed by atoms with Crippen LogP contribution < -0.4 is 4.74 Å². The molecule has 0 aliphatic carbocycles. The highest BCUT2D eigenvalue weighted by atomic mass is 16.5. The first-order valence-electron chi connectivity index (χ1n) is 7.86. The standard InChI is InChI=1S/C17H19N3O2/c21-17(14-5-1-3-12-7-10-22-16(12)14)20-9-2-4-13(11-20)15-6-8-18-19-15/h1,3,5-6,8,13H,2,4,7,9-11H2,(H,18,19)/t13-/m0/s1. The zero-order chi connectivity index (χ0) is 14.9. The van der Waals surface area contributed by atoms with Gasteiger partial charge in [0.25, 0.3) is 5.91 Å². The van der Waals surface area contributed by atoms with Gasteiger partial charge in [0.1, 0.15) is 5.75 Å². The molecule has 1 saturated heterocycles. The molecule has 1 N–H and O–H groups in total. The molecule has 5 heteroatoms. The Hall–Kier alpha value is -2.30. The molecule has 0 spiro atoms. The lowest BCUT2D eigenvalue weighted by atomic mass is 9.94. The van der Waals surface area contributed by atoms with Crippen molar-refractivity contribution in [2.24, 2.45) is 0 Å². The molecule has 5 nitrogen and oxygen atoms in total. The van der Waals surface area contributed by atoms with Crippen molar-refractivity contribution < 1.29 is 9.53 Å². The number of ether oxygens (including phenoxy) is 1. The van der Waals surface area contributed by atoms with Gasteiger partial charge in [-0.15, -0.1) is 0 Å². The Balaban J connectivity index is 1.57. The van der Waals surface area contributed by atoms with Gasteiger partial charge in [0.05, 0.1) is 12.2 Å². The summed E-state index contributed by atoms with van der Waals surface area (Å²) in [7, 11) is 0. The molecular weight excluding hydrogens is 278 g/mol. The number of para-hydroxylation sites is 1. The maximum atomic E-state index is 12.9. The fourth-order valence-corrected chi connectivity index (χ4v) is 3.46. The number of rotatable bonds is 2. The van der Waals surface area contributed by atoms with Gasteiger partial charge in [-0.05, 0) is 30.5 Å². The third kappa shape index (κ3) is 2.26. The van der Waals surface area contributed by atoms with Gasteiger partial charge < -0.3 is 9.64 Å². The summed E-state index contributed by atoms with van der Waals surface area (Å²) in [5.41, 5.74) is 2.97. The van der Waals surface area contributed by atoms with Gasteiger partial charge in [-0.1, -0.05) is 12.1 Å². The lowest BCUT2D eigenvalue weighted by molar-refractivity contribution is 0.0702. The number of hydrogen-bond donors (Lipinski definition) is 1. The molecule has 0 unspecified atom stereocenters. The van der Waals surface area contributed by atoms with Crippen LogP contribution in [-0.2, 0) is 6.42 Å². The number of aromatic amines is 1. The zero-order valence-electron chi connectivity index (χ0n) is 12.4. The molecule has 1 aromatic carbocycles. The van der Waals surface area contributed by atoms with Crippen LogP contribution in [0.25, 0.3) is 0 Å². The van der Waals surface area contributed by atoms with E-state index in [0.717, 1.165) is 49.4 Å². The van der Waals surface area contributed by atoms with Gasteiger partial charge in [0.2, 0.25) is 0 Å². The number of piperidine rings is 1. The maximum absolute atomic E-state index is 12.9. The number of fused-ring (bicyclic) bond motifs is 1. The van der Waals surface area contributed by atoms with E-state index in [1.807, 2.05) is 29.2 Å². The predicted molar refractivity (Wildman–Crippen MR) is 82.1 cm³/mol. The van der Waals surface area contributed by atoms with Crippen LogP contribution in [0.3, 0.4) is 0 Å². The van der Waals surface area contributed by atoms with Crippen LogP contribution in [0.4, 0.5) is 0 Å². The average molecular weight is 297 g/mol. The number of carbonyl (C=O) groups excluding carboxylic acids is 1. The Bertz CT molecular complexity index is 681. The van der Waals surface area contributed by atoms with E-state index in [1.165, 1.54) is 0 Å². The minimum Gasteiger partial charge on any atom is -0.492 e. The molecule has 1 amide bonds. The van der Waals surface area contributed by atoms with Crippen LogP contribution in [0, 0.1) is 0 Å². The molecule has 2 aliphatic rings. The molecule has 4 rings (SSSR count). The van der Waals surface area contributed by atoms with Crippen molar-refractivity contribution in [3.05, 3.63) is 47.3 Å². The highest BCUT2D eigenvalue weighted by Crippen LogP contribution is 2.32. The number of likely N-dealkylation sites (tertiary alicyclic amines) is 1. The van der Waals surface area contributed by atoms with Crippen LogP contribution in [0.1, 0.15) is 40.4 Å². The SMILES string of the molecule is O=C(c1cccc2c1OCC2)N1CCC[C@H](c2ccn[nH]2)C1. The summed E-state index contributed by atoms with van der Waals surface area (Å²) in [6.45, 7) is 2.23. The number of H-pyrrole nitrogens is 1. The highest BCUT2D eigenvalue weighted by molar-refractivity contribution is 5.97. The summed E-state index contributed by atoms with van der Waals surface area (Å²) in [5, 5.41) is 7.06. The van der Waals surface area contributed by atoms with Crippen molar-refractivity contribution in [2.45, 2.75) is 25.2 Å². The number of carbonyl (C=O) groups is 1. The van der Waals surface area contributed by atoms with Crippen molar-refractivity contribution in [3.63, 3.8) is 0 Å². The number of nitrogens with zero attached hydrogens (tertiary/aromatic N) is 2. The van der Waals surface area contributed by atoms with Crippen molar-refractivity contribution >= 4 is 5.91 Å². The molecule has 1 aromatic heterocycles. The molecule has 22 heavy (non-hydrogen) atoms. The summed E-state index contributed by atoms with van der Waals surface area (Å²) in [5.74, 6) is 1.22. The first-order chi connectivity index (χ1) is 10.8. The highest BCUT2D eigenvalue weighted by Gasteiger charge is 2.29. The first kappa shape index (κ1) is 13.4. The Labute approximate surface area is 129 Å². The Morgan fingerprint density at radius 3 is 3.18 bits per heavy atom. The molecule has 0 bridgehead atoms. The Morgan fingerprint density at radius 2 is 2.32 bits per heavy atom. The predicted octanol–water partition coefficient (Wildman–Crippen LogP) is 2.36. The largest absolute Gasteiger partial charge is 0.492 e. The second-order valence-corrected chi connectivity index (χ2v) is 5.99. The monoisotopic (exact) mass is 297 g/mol. The van der Waals surface area contributed by atoms with Crippen molar-refractivity contribution in [1.29, 1.82) is 0 Å². The number of nitrogens with one attached hydrogen (secondary N) is 1. The Morgan fingerprint density at radius 1 is 1.36 bits per heavy atom. The zero-order valence-corrected chi connectivity index (χ0v) is 12.4. The minimum absolute atomic E-state index is 0.0861. The van der Waals surface area contributed by atoms with Gasteiger partial charge >= 0.3 is 0 Å². The van der Waals surface area contributed by atoms with E-state index in [0.29, 0.717) is 18.1 Å². The molecule has 3 heterocycles. The molecule has 2 aliphatic heterocycles. The van der Waals surface area contributed by atoms with Crippen molar-refractivity contribution in [3.8, 4) is 5.75 Å². The normalized spacial score (nSPS) is 20.5. The molecule has 1 atom stereocenters. The number of benzene rings is 1. The van der Waals surface area contributed by atoms with E-state index >= 15 is 0 Å². The van der Waals surface area contributed by atoms with Gasteiger partial charge in [-0.2, -0.15) is 5.10 Å².